The molecule has 1 aliphatic rings. The molecule has 10 nitrogen and oxygen atoms in total. The van der Waals surface area contributed by atoms with Crippen LogP contribution in [-0.2, 0) is 9.59 Å². The zero-order valence-corrected chi connectivity index (χ0v) is 17.9. The topological polar surface area (TPSA) is 141 Å². The summed E-state index contributed by atoms with van der Waals surface area (Å²) in [7, 11) is 1.51. The maximum Gasteiger partial charge on any atom is 0.315 e. The summed E-state index contributed by atoms with van der Waals surface area (Å²) >= 11 is 0. The molecule has 0 saturated heterocycles. The predicted molar refractivity (Wildman–Crippen MR) is 110 cm³/mol. The van der Waals surface area contributed by atoms with Crippen LogP contribution in [0.3, 0.4) is 0 Å². The minimum atomic E-state index is -1.09. The maximum atomic E-state index is 12.8. The summed E-state index contributed by atoms with van der Waals surface area (Å²) in [5.41, 5.74) is 0.536. The second kappa shape index (κ2) is 11.1. The number of rotatable bonds is 10. The molecule has 1 aromatic rings. The molecular weight excluding hydrogens is 404 g/mol. The van der Waals surface area contributed by atoms with Gasteiger partial charge in [0.05, 0.1) is 18.5 Å². The zero-order valence-electron chi connectivity index (χ0n) is 17.9. The number of carboxylic acid groups (broad SMARTS) is 1. The van der Waals surface area contributed by atoms with Gasteiger partial charge in [0.15, 0.2) is 11.5 Å². The number of benzene rings is 1. The van der Waals surface area contributed by atoms with Gasteiger partial charge in [-0.15, -0.1) is 0 Å². The molecule has 0 spiro atoms. The number of nitrogens with one attached hydrogen (secondary N) is 2. The van der Waals surface area contributed by atoms with E-state index < -0.39 is 30.1 Å². The van der Waals surface area contributed by atoms with Crippen LogP contribution in [0.15, 0.2) is 18.2 Å². The van der Waals surface area contributed by atoms with E-state index in [0.29, 0.717) is 29.9 Å². The lowest BCUT2D eigenvalue weighted by Gasteiger charge is -2.27. The van der Waals surface area contributed by atoms with Crippen molar-refractivity contribution in [3.63, 3.8) is 0 Å². The van der Waals surface area contributed by atoms with Crippen LogP contribution in [-0.4, -0.2) is 53.8 Å². The van der Waals surface area contributed by atoms with Crippen molar-refractivity contribution < 1.29 is 29.0 Å². The molecule has 1 aliphatic heterocycles. The van der Waals surface area contributed by atoms with E-state index >= 15 is 0 Å². The number of unbranched alkanes of at least 4 members (excludes halogenated alkanes) is 1. The molecule has 0 aliphatic carbocycles. The molecular formula is C21H28N4O6. The predicted octanol–water partition coefficient (Wildman–Crippen LogP) is 2.16. The van der Waals surface area contributed by atoms with Crippen molar-refractivity contribution in [1.82, 2.24) is 15.5 Å². The van der Waals surface area contributed by atoms with Crippen molar-refractivity contribution in [3.8, 4) is 17.6 Å². The smallest absolute Gasteiger partial charge is 0.315 e. The molecule has 3 atom stereocenters. The van der Waals surface area contributed by atoms with Crippen molar-refractivity contribution in [2.24, 2.45) is 0 Å². The fourth-order valence-corrected chi connectivity index (χ4v) is 3.10. The molecule has 31 heavy (non-hydrogen) atoms. The number of carboxylic acids is 1. The molecule has 1 heterocycles. The molecule has 168 valence electrons. The Balaban J connectivity index is 2.13. The third-order valence-electron chi connectivity index (χ3n) is 5.05. The zero-order chi connectivity index (χ0) is 23.0. The Morgan fingerprint density at radius 2 is 1.97 bits per heavy atom. The lowest BCUT2D eigenvalue weighted by Crippen LogP contribution is -2.52. The van der Waals surface area contributed by atoms with Gasteiger partial charge in [0.1, 0.15) is 12.1 Å². The first-order valence-corrected chi connectivity index (χ1v) is 10.1. The molecule has 1 aromatic carbocycles. The van der Waals surface area contributed by atoms with E-state index in [4.69, 9.17) is 14.7 Å². The average molecular weight is 432 g/mol. The number of aliphatic carboxylic acids is 1. The fourth-order valence-electron chi connectivity index (χ4n) is 3.10. The summed E-state index contributed by atoms with van der Waals surface area (Å²) in [5.74, 6) is -0.458. The normalized spacial score (nSPS) is 14.6. The highest BCUT2D eigenvalue weighted by Gasteiger charge is 2.28. The van der Waals surface area contributed by atoms with Crippen LogP contribution < -0.4 is 20.1 Å². The SMILES string of the molecule is CCCC[C@H](NC(=O)N[C@@H](CC(=O)O)c1ccc2c(c1)OCO2)C(=O)N(C)C(C)C#N. The molecule has 2 rings (SSSR count). The van der Waals surface area contributed by atoms with Gasteiger partial charge in [-0.25, -0.2) is 4.79 Å². The van der Waals surface area contributed by atoms with Crippen LogP contribution in [0.4, 0.5) is 4.79 Å². The Bertz CT molecular complexity index is 853. The Hall–Kier alpha value is -3.48. The van der Waals surface area contributed by atoms with Crippen LogP contribution >= 0.6 is 0 Å². The number of nitriles is 1. The summed E-state index contributed by atoms with van der Waals surface area (Å²) in [6.07, 6.45) is 1.57. The molecule has 3 amide bonds. The monoisotopic (exact) mass is 432 g/mol. The van der Waals surface area contributed by atoms with E-state index in [-0.39, 0.29) is 19.1 Å². The number of ether oxygens (including phenoxy) is 2. The number of fused-ring (bicyclic) bond motifs is 1. The quantitative estimate of drug-likeness (QED) is 0.514. The molecule has 0 bridgehead atoms. The van der Waals surface area contributed by atoms with Crippen molar-refractivity contribution in [3.05, 3.63) is 23.8 Å². The Labute approximate surface area is 181 Å². The van der Waals surface area contributed by atoms with E-state index in [1.165, 1.54) is 11.9 Å². The third kappa shape index (κ3) is 6.50. The summed E-state index contributed by atoms with van der Waals surface area (Å²) < 4.78 is 10.6. The standard InChI is InChI=1S/C21H28N4O6/c1-4-5-6-15(20(28)25(3)13(2)11-22)23-21(29)24-16(10-19(26)27)14-7-8-17-18(9-14)31-12-30-17/h7-9,13,15-16H,4-6,10,12H2,1-3H3,(H,26,27)(H2,23,24,29)/t13?,15-,16-/m0/s1. The van der Waals surface area contributed by atoms with Gasteiger partial charge in [-0.05, 0) is 31.0 Å². The highest BCUT2D eigenvalue weighted by Crippen LogP contribution is 2.34. The van der Waals surface area contributed by atoms with Crippen molar-refractivity contribution in [2.75, 3.05) is 13.8 Å². The van der Waals surface area contributed by atoms with Gasteiger partial charge in [-0.1, -0.05) is 25.8 Å². The molecule has 3 N–H and O–H groups in total. The minimum Gasteiger partial charge on any atom is -0.481 e. The Morgan fingerprint density at radius 1 is 1.26 bits per heavy atom. The molecule has 10 heteroatoms. The Morgan fingerprint density at radius 3 is 2.61 bits per heavy atom. The Kier molecular flexibility index (Phi) is 8.49. The largest absolute Gasteiger partial charge is 0.481 e. The summed E-state index contributed by atoms with van der Waals surface area (Å²) in [5, 5.41) is 23.6. The number of urea groups is 1. The molecule has 0 fully saturated rings. The first-order chi connectivity index (χ1) is 14.8. The third-order valence-corrected chi connectivity index (χ3v) is 5.05. The van der Waals surface area contributed by atoms with Gasteiger partial charge < -0.3 is 30.1 Å². The number of hydrogen-bond donors (Lipinski definition) is 3. The second-order valence-corrected chi connectivity index (χ2v) is 7.33. The number of likely N-dealkylation sites (N-methyl/N-ethyl adjacent to an activating group) is 1. The molecule has 0 aromatic heterocycles. The van der Waals surface area contributed by atoms with Crippen LogP contribution in [0.5, 0.6) is 11.5 Å². The van der Waals surface area contributed by atoms with Gasteiger partial charge in [0.25, 0.3) is 0 Å². The number of nitrogens with zero attached hydrogens (tertiary/aromatic N) is 2. The van der Waals surface area contributed by atoms with Crippen LogP contribution in [0.1, 0.15) is 51.1 Å². The van der Waals surface area contributed by atoms with Gasteiger partial charge in [0.2, 0.25) is 12.7 Å². The van der Waals surface area contributed by atoms with E-state index in [2.05, 4.69) is 10.6 Å². The second-order valence-electron chi connectivity index (χ2n) is 7.33. The van der Waals surface area contributed by atoms with Crippen molar-refractivity contribution >= 4 is 17.9 Å². The molecule has 0 radical (unpaired) electrons. The lowest BCUT2D eigenvalue weighted by atomic mass is 10.0. The fraction of sp³-hybridized carbons (Fsp3) is 0.524. The minimum absolute atomic E-state index is 0.0756. The van der Waals surface area contributed by atoms with Crippen molar-refractivity contribution in [2.45, 2.75) is 57.7 Å². The average Bonchev–Trinajstić information content (AvgIpc) is 3.22. The van der Waals surface area contributed by atoms with E-state index in [1.54, 1.807) is 25.1 Å². The van der Waals surface area contributed by atoms with Gasteiger partial charge in [-0.2, -0.15) is 5.26 Å². The van der Waals surface area contributed by atoms with Gasteiger partial charge in [0, 0.05) is 7.05 Å². The van der Waals surface area contributed by atoms with E-state index in [0.717, 1.165) is 6.42 Å². The number of carbonyl (C=O) groups is 3. The summed E-state index contributed by atoms with van der Waals surface area (Å²) in [6.45, 7) is 3.63. The number of carbonyl (C=O) groups excluding carboxylic acids is 2. The van der Waals surface area contributed by atoms with Crippen LogP contribution in [0, 0.1) is 11.3 Å². The maximum absolute atomic E-state index is 12.8. The molecule has 0 saturated carbocycles. The van der Waals surface area contributed by atoms with E-state index in [1.807, 2.05) is 13.0 Å². The van der Waals surface area contributed by atoms with Crippen LogP contribution in [0.2, 0.25) is 0 Å². The first kappa shape index (κ1) is 23.8. The summed E-state index contributed by atoms with van der Waals surface area (Å²) in [4.78, 5) is 38.1. The lowest BCUT2D eigenvalue weighted by molar-refractivity contribution is -0.137. The van der Waals surface area contributed by atoms with Gasteiger partial charge >= 0.3 is 12.0 Å². The summed E-state index contributed by atoms with van der Waals surface area (Å²) in [6, 6.07) is 3.94. The number of amides is 3. The number of hydrogen-bond acceptors (Lipinski definition) is 6. The first-order valence-electron chi connectivity index (χ1n) is 10.1. The van der Waals surface area contributed by atoms with Crippen molar-refractivity contribution in [1.29, 1.82) is 5.26 Å². The molecule has 1 unspecified atom stereocenters. The highest BCUT2D eigenvalue weighted by molar-refractivity contribution is 5.87. The highest BCUT2D eigenvalue weighted by atomic mass is 16.7. The van der Waals surface area contributed by atoms with Gasteiger partial charge in [-0.3, -0.25) is 9.59 Å². The van der Waals surface area contributed by atoms with Crippen LogP contribution in [0.25, 0.3) is 0 Å². The van der Waals surface area contributed by atoms with E-state index in [9.17, 15) is 19.5 Å².